The highest BCUT2D eigenvalue weighted by Gasteiger charge is 2.45. The summed E-state index contributed by atoms with van der Waals surface area (Å²) in [6.45, 7) is 10.1. The first-order valence-corrected chi connectivity index (χ1v) is 17.1. The first-order chi connectivity index (χ1) is 23.0. The average molecular weight is 640 g/mol. The highest BCUT2D eigenvalue weighted by atomic mass is 16.1. The molecule has 0 fully saturated rings. The lowest BCUT2D eigenvalue weighted by atomic mass is 9.79. The number of allylic oxidation sites excluding steroid dienone is 9. The van der Waals surface area contributed by atoms with Gasteiger partial charge in [-0.2, -0.15) is 4.58 Å². The van der Waals surface area contributed by atoms with Crippen molar-refractivity contribution in [2.45, 2.75) is 70.6 Å². The topological polar surface area (TPSA) is 92.4 Å². The maximum Gasteiger partial charge on any atom is 0.223 e. The molecule has 2 aliphatic heterocycles. The number of carbonyl (C=O) groups excluding carboxylic acids is 2. The Balaban J connectivity index is 1.27. The van der Waals surface area contributed by atoms with Crippen LogP contribution in [0.5, 0.6) is 0 Å². The number of aryl methyl sites for hydroxylation is 1. The number of nitrogens with zero attached hydrogens (tertiary/aromatic N) is 2. The Hall–Kier alpha value is -4.97. The minimum Gasteiger partial charge on any atom is -0.370 e. The van der Waals surface area contributed by atoms with Crippen LogP contribution < -0.4 is 16.4 Å². The van der Waals surface area contributed by atoms with E-state index >= 15 is 0 Å². The van der Waals surface area contributed by atoms with Crippen LogP contribution in [-0.2, 0) is 26.8 Å². The van der Waals surface area contributed by atoms with Crippen LogP contribution in [0.3, 0.4) is 0 Å². The van der Waals surface area contributed by atoms with Crippen LogP contribution in [0.25, 0.3) is 16.8 Å². The van der Waals surface area contributed by atoms with Gasteiger partial charge in [-0.1, -0.05) is 86.7 Å². The van der Waals surface area contributed by atoms with Gasteiger partial charge in [0.05, 0.1) is 11.8 Å². The van der Waals surface area contributed by atoms with Gasteiger partial charge in [-0.3, -0.25) is 9.59 Å². The zero-order valence-corrected chi connectivity index (χ0v) is 28.6. The number of hydrogen-bond donors (Lipinski definition) is 2. The second-order valence-electron chi connectivity index (χ2n) is 14.1. The molecular formula is C42H47N4O2+. The number of primary amides is 2. The smallest absolute Gasteiger partial charge is 0.223 e. The molecule has 0 bridgehead atoms. The van der Waals surface area contributed by atoms with Crippen LogP contribution >= 0.6 is 0 Å². The molecule has 6 heteroatoms. The fourth-order valence-electron chi connectivity index (χ4n) is 7.89. The third-order valence-electron chi connectivity index (χ3n) is 10.1. The van der Waals surface area contributed by atoms with Crippen molar-refractivity contribution < 1.29 is 14.2 Å². The Kier molecular flexibility index (Phi) is 9.11. The molecule has 2 amide bonds. The van der Waals surface area contributed by atoms with Gasteiger partial charge >= 0.3 is 0 Å². The van der Waals surface area contributed by atoms with E-state index in [1.165, 1.54) is 33.0 Å². The van der Waals surface area contributed by atoms with E-state index in [2.05, 4.69) is 122 Å². The van der Waals surface area contributed by atoms with Crippen LogP contribution in [0.2, 0.25) is 0 Å². The quantitative estimate of drug-likeness (QED) is 0.176. The largest absolute Gasteiger partial charge is 0.370 e. The summed E-state index contributed by atoms with van der Waals surface area (Å²) in [5, 5.41) is 2.44. The molecule has 0 atom stereocenters. The third kappa shape index (κ3) is 6.08. The second kappa shape index (κ2) is 13.3. The summed E-state index contributed by atoms with van der Waals surface area (Å²) in [6.07, 6.45) is 23.1. The number of nitrogens with two attached hydrogens (primary N) is 2. The van der Waals surface area contributed by atoms with Crippen molar-refractivity contribution in [3.8, 4) is 0 Å². The maximum atomic E-state index is 11.8. The van der Waals surface area contributed by atoms with E-state index in [0.29, 0.717) is 19.5 Å². The third-order valence-corrected chi connectivity index (χ3v) is 10.1. The van der Waals surface area contributed by atoms with Gasteiger partial charge in [-0.15, -0.1) is 0 Å². The molecule has 0 radical (unpaired) electrons. The predicted octanol–water partition coefficient (Wildman–Crippen LogP) is 7.67. The summed E-state index contributed by atoms with van der Waals surface area (Å²) in [5.41, 5.74) is 20.6. The van der Waals surface area contributed by atoms with Crippen LogP contribution in [0.4, 0.5) is 11.4 Å². The molecule has 0 unspecified atom stereocenters. The van der Waals surface area contributed by atoms with E-state index in [0.717, 1.165) is 42.0 Å². The van der Waals surface area contributed by atoms with Crippen LogP contribution in [0, 0.1) is 0 Å². The summed E-state index contributed by atoms with van der Waals surface area (Å²) in [5.74, 6) is -0.605. The van der Waals surface area contributed by atoms with Crippen LogP contribution in [0.15, 0.2) is 103 Å². The highest BCUT2D eigenvalue weighted by molar-refractivity contribution is 6.07. The Labute approximate surface area is 284 Å². The SMILES string of the molecule is CC1(C)C(/C=C/C=C/C=C/C=C2/N(CCC(N)=O)c3ccc4c(c3C2(C)C)C=CCCC4)=[N+](CCC(N)=O)c2ccc3ccccc3c21. The van der Waals surface area contributed by atoms with Gasteiger partial charge in [-0.25, -0.2) is 0 Å². The summed E-state index contributed by atoms with van der Waals surface area (Å²) < 4.78 is 2.24. The molecule has 1 aliphatic carbocycles. The predicted molar refractivity (Wildman–Crippen MR) is 199 cm³/mol. The van der Waals surface area contributed by atoms with E-state index in [1.54, 1.807) is 0 Å². The molecule has 6 rings (SSSR count). The van der Waals surface area contributed by atoms with E-state index in [9.17, 15) is 9.59 Å². The monoisotopic (exact) mass is 639 g/mol. The molecular weight excluding hydrogens is 592 g/mol. The lowest BCUT2D eigenvalue weighted by molar-refractivity contribution is -0.436. The van der Waals surface area contributed by atoms with Gasteiger partial charge in [-0.05, 0) is 78.8 Å². The van der Waals surface area contributed by atoms with Gasteiger partial charge < -0.3 is 16.4 Å². The van der Waals surface area contributed by atoms with E-state index in [-0.39, 0.29) is 29.1 Å². The molecule has 246 valence electrons. The molecule has 48 heavy (non-hydrogen) atoms. The Bertz CT molecular complexity index is 1970. The van der Waals surface area contributed by atoms with Crippen LogP contribution in [0.1, 0.15) is 75.6 Å². The fraction of sp³-hybridized carbons (Fsp3) is 0.310. The number of carbonyl (C=O) groups is 2. The molecule has 3 aromatic rings. The Morgan fingerprint density at radius 1 is 0.854 bits per heavy atom. The molecule has 0 saturated carbocycles. The average Bonchev–Trinajstić information content (AvgIpc) is 3.24. The molecule has 0 saturated heterocycles. The lowest BCUT2D eigenvalue weighted by Crippen LogP contribution is -2.29. The number of amides is 2. The van der Waals surface area contributed by atoms with Crippen molar-refractivity contribution in [2.75, 3.05) is 18.0 Å². The van der Waals surface area contributed by atoms with E-state index in [4.69, 9.17) is 11.5 Å². The van der Waals surface area contributed by atoms with Gasteiger partial charge in [0.2, 0.25) is 17.5 Å². The number of rotatable bonds is 10. The first-order valence-electron chi connectivity index (χ1n) is 17.1. The number of benzene rings is 3. The summed E-state index contributed by atoms with van der Waals surface area (Å²) in [6, 6.07) is 17.3. The Morgan fingerprint density at radius 3 is 2.40 bits per heavy atom. The fourth-order valence-corrected chi connectivity index (χ4v) is 7.89. The molecule has 4 N–H and O–H groups in total. The van der Waals surface area contributed by atoms with Crippen molar-refractivity contribution in [1.82, 2.24) is 0 Å². The second-order valence-corrected chi connectivity index (χ2v) is 14.1. The van der Waals surface area contributed by atoms with E-state index < -0.39 is 0 Å². The highest BCUT2D eigenvalue weighted by Crippen LogP contribution is 2.51. The van der Waals surface area contributed by atoms with Gasteiger partial charge in [0, 0.05) is 47.5 Å². The minimum atomic E-state index is -0.307. The zero-order chi connectivity index (χ0) is 34.1. The Morgan fingerprint density at radius 2 is 1.60 bits per heavy atom. The minimum absolute atomic E-state index is 0.237. The molecule has 0 aromatic heterocycles. The molecule has 3 aliphatic rings. The van der Waals surface area contributed by atoms with Gasteiger partial charge in [0.25, 0.3) is 0 Å². The van der Waals surface area contributed by atoms with E-state index in [1.807, 2.05) is 18.2 Å². The standard InChI is InChI=1S/C42H46N4O2/c1-41(2)35(45(27-25-37(43)47)33-23-21-29-15-9-8-10-17-31(29)39(33)41)19-11-6-5-7-12-20-36-42(3,4)40-32-18-14-13-16-30(32)22-24-34(40)46(36)28-26-38(44)48/h5-7,10-14,16-24H,8-9,15,25-28H2,1-4H3,(H3-,43,44,47,48)/p+1. The van der Waals surface area contributed by atoms with Crippen molar-refractivity contribution in [1.29, 1.82) is 0 Å². The maximum absolute atomic E-state index is 11.8. The van der Waals surface area contributed by atoms with Gasteiger partial charge in [0.1, 0.15) is 0 Å². The molecule has 0 spiro atoms. The normalized spacial score (nSPS) is 18.8. The summed E-state index contributed by atoms with van der Waals surface area (Å²) >= 11 is 0. The molecule has 6 nitrogen and oxygen atoms in total. The number of anilines is 1. The van der Waals surface area contributed by atoms with Crippen molar-refractivity contribution in [3.05, 3.63) is 125 Å². The number of hydrogen-bond acceptors (Lipinski definition) is 3. The molecule has 3 aromatic carbocycles. The van der Waals surface area contributed by atoms with Crippen molar-refractivity contribution in [2.24, 2.45) is 11.5 Å². The van der Waals surface area contributed by atoms with Crippen molar-refractivity contribution >= 4 is 45.7 Å². The molecule has 2 heterocycles. The lowest BCUT2D eigenvalue weighted by Gasteiger charge is -2.27. The number of fused-ring (bicyclic) bond motifs is 6. The zero-order valence-electron chi connectivity index (χ0n) is 28.6. The summed E-state index contributed by atoms with van der Waals surface area (Å²) in [7, 11) is 0. The first kappa shape index (κ1) is 33.0. The van der Waals surface area contributed by atoms with Crippen molar-refractivity contribution in [3.63, 3.8) is 0 Å². The van der Waals surface area contributed by atoms with Gasteiger partial charge in [0.15, 0.2) is 12.3 Å². The summed E-state index contributed by atoms with van der Waals surface area (Å²) in [4.78, 5) is 25.9. The van der Waals surface area contributed by atoms with Crippen LogP contribution in [-0.4, -0.2) is 35.2 Å².